The minimum atomic E-state index is 0.360. The van der Waals surface area contributed by atoms with E-state index in [-0.39, 0.29) is 0 Å². The van der Waals surface area contributed by atoms with Crippen molar-refractivity contribution in [3.63, 3.8) is 0 Å². The van der Waals surface area contributed by atoms with Crippen molar-refractivity contribution in [3.8, 4) is 0 Å². The zero-order chi connectivity index (χ0) is 14.1. The molecule has 2 aliphatic heterocycles. The van der Waals surface area contributed by atoms with E-state index >= 15 is 0 Å². The number of benzene rings is 1. The van der Waals surface area contributed by atoms with Gasteiger partial charge in [-0.25, -0.2) is 0 Å². The van der Waals surface area contributed by atoms with Crippen LogP contribution in [0, 0.1) is 0 Å². The van der Waals surface area contributed by atoms with E-state index < -0.39 is 0 Å². The molecule has 0 saturated carbocycles. The van der Waals surface area contributed by atoms with Gasteiger partial charge in [0.2, 0.25) is 0 Å². The Hall–Kier alpha value is -0.840. The van der Waals surface area contributed by atoms with Crippen LogP contribution in [0.1, 0.15) is 24.8 Å². The monoisotopic (exact) mass is 309 g/mol. The number of thiocarbonyl (C=S) groups is 1. The number of piperidine rings is 1. The van der Waals surface area contributed by atoms with Crippen molar-refractivity contribution in [1.29, 1.82) is 0 Å². The Balaban J connectivity index is 1.76. The number of halogens is 1. The van der Waals surface area contributed by atoms with Crippen LogP contribution in [0.2, 0.25) is 5.02 Å². The lowest BCUT2D eigenvalue weighted by Gasteiger charge is -2.45. The van der Waals surface area contributed by atoms with E-state index in [2.05, 4.69) is 15.9 Å². The van der Waals surface area contributed by atoms with Crippen LogP contribution in [0.25, 0.3) is 0 Å². The van der Waals surface area contributed by atoms with Crippen LogP contribution in [-0.4, -0.2) is 42.1 Å². The molecule has 1 aromatic rings. The Morgan fingerprint density at radius 2 is 2.10 bits per heavy atom. The number of hydrogen-bond acceptors (Lipinski definition) is 3. The maximum absolute atomic E-state index is 6.28. The summed E-state index contributed by atoms with van der Waals surface area (Å²) in [6, 6.07) is 6.72. The molecule has 0 bridgehead atoms. The SMILES string of the molecule is NC(=S)c1ccc(N2CCN3CCCCC3C2)cc1Cl. The molecule has 20 heavy (non-hydrogen) atoms. The molecular weight excluding hydrogens is 290 g/mol. The van der Waals surface area contributed by atoms with E-state index in [1.54, 1.807) is 0 Å². The van der Waals surface area contributed by atoms with Crippen LogP contribution in [0.5, 0.6) is 0 Å². The summed E-state index contributed by atoms with van der Waals surface area (Å²) in [5, 5.41) is 0.654. The standard InChI is InChI=1S/C15H20ClN3S/c16-14-9-11(4-5-13(14)15(17)20)19-8-7-18-6-2-1-3-12(18)10-19/h4-5,9,12H,1-3,6-8,10H2,(H2,17,20). The Bertz CT molecular complexity index is 520. The van der Waals surface area contributed by atoms with Crippen LogP contribution in [0.15, 0.2) is 18.2 Å². The molecular formula is C15H20ClN3S. The highest BCUT2D eigenvalue weighted by molar-refractivity contribution is 7.80. The number of nitrogens with zero attached hydrogens (tertiary/aromatic N) is 2. The zero-order valence-electron chi connectivity index (χ0n) is 11.5. The fraction of sp³-hybridized carbons (Fsp3) is 0.533. The first kappa shape index (κ1) is 14.1. The number of fused-ring (bicyclic) bond motifs is 1. The molecule has 1 unspecified atom stereocenters. The van der Waals surface area contributed by atoms with Crippen molar-refractivity contribution < 1.29 is 0 Å². The van der Waals surface area contributed by atoms with Gasteiger partial charge in [0.25, 0.3) is 0 Å². The molecule has 1 atom stereocenters. The van der Waals surface area contributed by atoms with Crippen LogP contribution in [-0.2, 0) is 0 Å². The second-order valence-electron chi connectivity index (χ2n) is 5.66. The number of anilines is 1. The van der Waals surface area contributed by atoms with Crippen molar-refractivity contribution in [2.45, 2.75) is 25.3 Å². The van der Waals surface area contributed by atoms with Crippen molar-refractivity contribution in [2.75, 3.05) is 31.1 Å². The van der Waals surface area contributed by atoms with Gasteiger partial charge in [0, 0.05) is 36.9 Å². The smallest absolute Gasteiger partial charge is 0.105 e. The number of hydrogen-bond donors (Lipinski definition) is 1. The predicted octanol–water partition coefficient (Wildman–Crippen LogP) is 2.65. The lowest BCUT2D eigenvalue weighted by molar-refractivity contribution is 0.133. The average Bonchev–Trinajstić information content (AvgIpc) is 2.46. The Morgan fingerprint density at radius 3 is 2.85 bits per heavy atom. The molecule has 0 spiro atoms. The van der Waals surface area contributed by atoms with Gasteiger partial charge in [-0.15, -0.1) is 0 Å². The van der Waals surface area contributed by atoms with Gasteiger partial charge in [-0.2, -0.15) is 0 Å². The van der Waals surface area contributed by atoms with E-state index in [1.165, 1.54) is 31.5 Å². The van der Waals surface area contributed by atoms with Crippen LogP contribution < -0.4 is 10.6 Å². The molecule has 2 N–H and O–H groups in total. The molecule has 3 nitrogen and oxygen atoms in total. The minimum absolute atomic E-state index is 0.360. The van der Waals surface area contributed by atoms with Crippen LogP contribution >= 0.6 is 23.8 Å². The largest absolute Gasteiger partial charge is 0.389 e. The van der Waals surface area contributed by atoms with Gasteiger partial charge >= 0.3 is 0 Å². The summed E-state index contributed by atoms with van der Waals surface area (Å²) in [4.78, 5) is 5.42. The summed E-state index contributed by atoms with van der Waals surface area (Å²) in [5.41, 5.74) is 7.60. The normalized spacial score (nSPS) is 23.4. The fourth-order valence-corrected chi connectivity index (χ4v) is 3.80. The first-order chi connectivity index (χ1) is 9.65. The Kier molecular flexibility index (Phi) is 4.15. The van der Waals surface area contributed by atoms with Crippen molar-refractivity contribution in [3.05, 3.63) is 28.8 Å². The van der Waals surface area contributed by atoms with Crippen molar-refractivity contribution in [2.24, 2.45) is 5.73 Å². The highest BCUT2D eigenvalue weighted by Gasteiger charge is 2.29. The molecule has 0 radical (unpaired) electrons. The van der Waals surface area contributed by atoms with E-state index in [9.17, 15) is 0 Å². The highest BCUT2D eigenvalue weighted by Crippen LogP contribution is 2.28. The third kappa shape index (κ3) is 2.78. The Labute approximate surface area is 130 Å². The molecule has 0 aromatic heterocycles. The molecule has 2 saturated heterocycles. The Morgan fingerprint density at radius 1 is 1.25 bits per heavy atom. The molecule has 0 amide bonds. The van der Waals surface area contributed by atoms with Gasteiger partial charge in [0.15, 0.2) is 0 Å². The van der Waals surface area contributed by atoms with Gasteiger partial charge in [-0.1, -0.05) is 30.2 Å². The average molecular weight is 310 g/mol. The van der Waals surface area contributed by atoms with E-state index in [0.29, 0.717) is 16.1 Å². The molecule has 2 fully saturated rings. The fourth-order valence-electron chi connectivity index (χ4n) is 3.29. The highest BCUT2D eigenvalue weighted by atomic mass is 35.5. The van der Waals surface area contributed by atoms with Crippen LogP contribution in [0.4, 0.5) is 5.69 Å². The summed E-state index contributed by atoms with van der Waals surface area (Å²) in [6.45, 7) is 4.58. The first-order valence-electron chi connectivity index (χ1n) is 7.23. The second kappa shape index (κ2) is 5.88. The van der Waals surface area contributed by atoms with Gasteiger partial charge in [-0.05, 0) is 37.6 Å². The van der Waals surface area contributed by atoms with Gasteiger partial charge < -0.3 is 10.6 Å². The van der Waals surface area contributed by atoms with E-state index in [1.807, 2.05) is 12.1 Å². The summed E-state index contributed by atoms with van der Waals surface area (Å²) in [6.07, 6.45) is 4.02. The minimum Gasteiger partial charge on any atom is -0.389 e. The van der Waals surface area contributed by atoms with E-state index in [4.69, 9.17) is 29.6 Å². The topological polar surface area (TPSA) is 32.5 Å². The third-order valence-corrected chi connectivity index (χ3v) is 4.95. The number of nitrogens with two attached hydrogens (primary N) is 1. The summed E-state index contributed by atoms with van der Waals surface area (Å²) >= 11 is 11.3. The van der Waals surface area contributed by atoms with Gasteiger partial charge in [0.05, 0.1) is 5.02 Å². The van der Waals surface area contributed by atoms with Gasteiger partial charge in [0.1, 0.15) is 4.99 Å². The molecule has 108 valence electrons. The van der Waals surface area contributed by atoms with Crippen LogP contribution in [0.3, 0.4) is 0 Å². The quantitative estimate of drug-likeness (QED) is 0.851. The second-order valence-corrected chi connectivity index (χ2v) is 6.51. The van der Waals surface area contributed by atoms with Gasteiger partial charge in [-0.3, -0.25) is 4.90 Å². The molecule has 0 aliphatic carbocycles. The molecule has 3 rings (SSSR count). The maximum atomic E-state index is 6.28. The molecule has 5 heteroatoms. The molecule has 2 heterocycles. The lowest BCUT2D eigenvalue weighted by atomic mass is 9.99. The zero-order valence-corrected chi connectivity index (χ0v) is 13.1. The number of rotatable bonds is 2. The van der Waals surface area contributed by atoms with Crippen molar-refractivity contribution in [1.82, 2.24) is 4.90 Å². The molecule has 1 aromatic carbocycles. The number of piperazine rings is 1. The third-order valence-electron chi connectivity index (χ3n) is 4.42. The molecule has 2 aliphatic rings. The van der Waals surface area contributed by atoms with Crippen molar-refractivity contribution >= 4 is 34.5 Å². The maximum Gasteiger partial charge on any atom is 0.105 e. The lowest BCUT2D eigenvalue weighted by Crippen LogP contribution is -2.54. The van der Waals surface area contributed by atoms with E-state index in [0.717, 1.165) is 25.2 Å². The summed E-state index contributed by atoms with van der Waals surface area (Å²) in [7, 11) is 0. The first-order valence-corrected chi connectivity index (χ1v) is 8.02. The predicted molar refractivity (Wildman–Crippen MR) is 88.8 cm³/mol. The summed E-state index contributed by atoms with van der Waals surface area (Å²) < 4.78 is 0. The summed E-state index contributed by atoms with van der Waals surface area (Å²) in [5.74, 6) is 0.